The molecule has 10 heteroatoms. The molecule has 0 radical (unpaired) electrons. The van der Waals surface area contributed by atoms with Gasteiger partial charge in [0.15, 0.2) is 6.10 Å². The van der Waals surface area contributed by atoms with E-state index in [0.717, 1.165) is 5.56 Å². The van der Waals surface area contributed by atoms with Gasteiger partial charge in [0.2, 0.25) is 10.0 Å². The van der Waals surface area contributed by atoms with Gasteiger partial charge >= 0.3 is 11.9 Å². The van der Waals surface area contributed by atoms with Crippen molar-refractivity contribution in [3.8, 4) is 0 Å². The van der Waals surface area contributed by atoms with E-state index in [1.165, 1.54) is 36.4 Å². The van der Waals surface area contributed by atoms with Gasteiger partial charge in [-0.25, -0.2) is 22.7 Å². The van der Waals surface area contributed by atoms with E-state index in [1.54, 1.807) is 55.5 Å². The van der Waals surface area contributed by atoms with Crippen LogP contribution in [0.25, 0.3) is 0 Å². The highest BCUT2D eigenvalue weighted by molar-refractivity contribution is 7.89. The monoisotopic (exact) mass is 525 g/mol. The molecule has 0 amide bonds. The van der Waals surface area contributed by atoms with Crippen LogP contribution in [0.15, 0.2) is 89.8 Å². The number of aliphatic hydroxyl groups excluding tert-OH is 2. The Morgan fingerprint density at radius 1 is 0.811 bits per heavy atom. The van der Waals surface area contributed by atoms with Gasteiger partial charge in [0, 0.05) is 0 Å². The van der Waals surface area contributed by atoms with E-state index >= 15 is 0 Å². The maximum Gasteiger partial charge on any atom is 0.338 e. The maximum absolute atomic E-state index is 13.2. The zero-order chi connectivity index (χ0) is 26.6. The van der Waals surface area contributed by atoms with Crippen LogP contribution in [0.4, 0.5) is 0 Å². The number of rotatable bonds is 8. The van der Waals surface area contributed by atoms with Crippen LogP contribution in [0.2, 0.25) is 0 Å². The second-order valence-corrected chi connectivity index (χ2v) is 10.5. The SMILES string of the molecule is Cc1ccc(S(=O)(=O)N[C@H]2[C@@H](O)[C@H](CO)[C@@H](OC(=O)c3ccccc3)[C@@H]2OC(=O)c2ccccc2)cc1. The van der Waals surface area contributed by atoms with Gasteiger partial charge in [-0.3, -0.25) is 0 Å². The molecule has 0 aromatic heterocycles. The fraction of sp³-hybridized carbons (Fsp3) is 0.259. The molecule has 1 aliphatic carbocycles. The Morgan fingerprint density at radius 3 is 1.78 bits per heavy atom. The van der Waals surface area contributed by atoms with Gasteiger partial charge in [0.05, 0.1) is 40.7 Å². The summed E-state index contributed by atoms with van der Waals surface area (Å²) in [6.07, 6.45) is -4.31. The van der Waals surface area contributed by atoms with Gasteiger partial charge in [-0.15, -0.1) is 0 Å². The van der Waals surface area contributed by atoms with Gasteiger partial charge in [0.1, 0.15) is 6.10 Å². The highest BCUT2D eigenvalue weighted by atomic mass is 32.2. The van der Waals surface area contributed by atoms with E-state index in [-0.39, 0.29) is 16.0 Å². The molecule has 194 valence electrons. The van der Waals surface area contributed by atoms with Gasteiger partial charge in [-0.05, 0) is 43.3 Å². The number of hydrogen-bond acceptors (Lipinski definition) is 8. The minimum atomic E-state index is -4.19. The zero-order valence-corrected chi connectivity index (χ0v) is 20.7. The molecule has 37 heavy (non-hydrogen) atoms. The number of carbonyl (C=O) groups is 2. The summed E-state index contributed by atoms with van der Waals surface area (Å²) in [5.74, 6) is -2.72. The summed E-state index contributed by atoms with van der Waals surface area (Å²) in [6, 6.07) is 20.6. The smallest absolute Gasteiger partial charge is 0.338 e. The van der Waals surface area contributed by atoms with Gasteiger partial charge in [-0.2, -0.15) is 0 Å². The largest absolute Gasteiger partial charge is 0.454 e. The van der Waals surface area contributed by atoms with Gasteiger partial charge in [-0.1, -0.05) is 54.1 Å². The van der Waals surface area contributed by atoms with Crippen LogP contribution in [0, 0.1) is 12.8 Å². The Bertz CT molecular complexity index is 1330. The second kappa shape index (κ2) is 11.2. The van der Waals surface area contributed by atoms with Crippen molar-refractivity contribution in [3.63, 3.8) is 0 Å². The minimum absolute atomic E-state index is 0.0660. The summed E-state index contributed by atoms with van der Waals surface area (Å²) in [5, 5.41) is 21.1. The molecule has 0 bridgehead atoms. The number of aliphatic hydroxyl groups is 2. The summed E-state index contributed by atoms with van der Waals surface area (Å²) < 4.78 is 40.0. The molecule has 0 saturated heterocycles. The molecule has 5 atom stereocenters. The Hall–Kier alpha value is -3.57. The lowest BCUT2D eigenvalue weighted by atomic mass is 10.0. The van der Waals surface area contributed by atoms with E-state index in [9.17, 15) is 28.2 Å². The summed E-state index contributed by atoms with van der Waals surface area (Å²) in [7, 11) is -4.19. The van der Waals surface area contributed by atoms with Crippen molar-refractivity contribution in [1.29, 1.82) is 0 Å². The van der Waals surface area contributed by atoms with E-state index < -0.39 is 58.8 Å². The molecule has 4 rings (SSSR count). The average molecular weight is 526 g/mol. The third-order valence-electron chi connectivity index (χ3n) is 6.24. The van der Waals surface area contributed by atoms with E-state index in [4.69, 9.17) is 9.47 Å². The number of benzene rings is 3. The van der Waals surface area contributed by atoms with Crippen LogP contribution in [-0.2, 0) is 19.5 Å². The van der Waals surface area contributed by atoms with Crippen molar-refractivity contribution in [2.24, 2.45) is 5.92 Å². The van der Waals surface area contributed by atoms with Gasteiger partial charge < -0.3 is 19.7 Å². The Labute approximate surface area is 214 Å². The van der Waals surface area contributed by atoms with Crippen molar-refractivity contribution in [2.45, 2.75) is 36.2 Å². The Kier molecular flexibility index (Phi) is 8.03. The first kappa shape index (κ1) is 26.5. The third kappa shape index (κ3) is 5.89. The first-order valence-electron chi connectivity index (χ1n) is 11.6. The van der Waals surface area contributed by atoms with Crippen LogP contribution in [0.1, 0.15) is 26.3 Å². The predicted molar refractivity (Wildman–Crippen MR) is 133 cm³/mol. The minimum Gasteiger partial charge on any atom is -0.454 e. The summed E-state index contributed by atoms with van der Waals surface area (Å²) in [4.78, 5) is 25.7. The summed E-state index contributed by atoms with van der Waals surface area (Å²) >= 11 is 0. The standard InChI is InChI=1S/C27H27NO8S/c1-17-12-14-20(15-13-17)37(33,34)28-22-23(30)21(16-29)24(35-26(31)18-8-4-2-5-9-18)25(22)36-27(32)19-10-6-3-7-11-19/h2-15,21-25,28-30H,16H2,1H3/t21-,22-,23-,24+,25+/m0/s1. The number of carbonyl (C=O) groups excluding carboxylic acids is 2. The summed E-state index contributed by atoms with van der Waals surface area (Å²) in [6.45, 7) is 1.15. The molecule has 1 saturated carbocycles. The second-order valence-electron chi connectivity index (χ2n) is 8.77. The molecule has 1 aliphatic rings. The molecule has 0 aliphatic heterocycles. The Morgan fingerprint density at radius 2 is 1.30 bits per heavy atom. The number of hydrogen-bond donors (Lipinski definition) is 3. The number of esters is 2. The quantitative estimate of drug-likeness (QED) is 0.380. The molecule has 3 aromatic carbocycles. The molecule has 0 spiro atoms. The van der Waals surface area contributed by atoms with Crippen molar-refractivity contribution in [3.05, 3.63) is 102 Å². The first-order chi connectivity index (χ1) is 17.7. The first-order valence-corrected chi connectivity index (χ1v) is 13.1. The lowest BCUT2D eigenvalue weighted by Gasteiger charge is -2.26. The van der Waals surface area contributed by atoms with Crippen LogP contribution in [0.3, 0.4) is 0 Å². The predicted octanol–water partition coefficient (Wildman–Crippen LogP) is 2.08. The molecular formula is C27H27NO8S. The highest BCUT2D eigenvalue weighted by Crippen LogP contribution is 2.34. The molecule has 0 heterocycles. The van der Waals surface area contributed by atoms with Crippen LogP contribution in [0.5, 0.6) is 0 Å². The molecule has 9 nitrogen and oxygen atoms in total. The number of nitrogens with one attached hydrogen (secondary N) is 1. The van der Waals surface area contributed by atoms with E-state index in [1.807, 2.05) is 0 Å². The normalized spacial score (nSPS) is 23.4. The third-order valence-corrected chi connectivity index (χ3v) is 7.72. The number of ether oxygens (including phenoxy) is 2. The van der Waals surface area contributed by atoms with Crippen molar-refractivity contribution < 1.29 is 37.7 Å². The van der Waals surface area contributed by atoms with Gasteiger partial charge in [0.25, 0.3) is 0 Å². The van der Waals surface area contributed by atoms with Crippen LogP contribution >= 0.6 is 0 Å². The summed E-state index contributed by atoms with van der Waals surface area (Å²) in [5.41, 5.74) is 1.23. The lowest BCUT2D eigenvalue weighted by molar-refractivity contribution is -0.0465. The van der Waals surface area contributed by atoms with E-state index in [0.29, 0.717) is 0 Å². The van der Waals surface area contributed by atoms with Crippen molar-refractivity contribution in [1.82, 2.24) is 4.72 Å². The maximum atomic E-state index is 13.2. The zero-order valence-electron chi connectivity index (χ0n) is 19.9. The number of sulfonamides is 1. The van der Waals surface area contributed by atoms with Crippen molar-refractivity contribution >= 4 is 22.0 Å². The van der Waals surface area contributed by atoms with Crippen LogP contribution < -0.4 is 4.72 Å². The molecule has 3 N–H and O–H groups in total. The highest BCUT2D eigenvalue weighted by Gasteiger charge is 2.55. The fourth-order valence-corrected chi connectivity index (χ4v) is 5.51. The van der Waals surface area contributed by atoms with Crippen molar-refractivity contribution in [2.75, 3.05) is 6.61 Å². The van der Waals surface area contributed by atoms with Crippen LogP contribution in [-0.4, -0.2) is 61.5 Å². The van der Waals surface area contributed by atoms with E-state index in [2.05, 4.69) is 4.72 Å². The lowest BCUT2D eigenvalue weighted by Crippen LogP contribution is -2.49. The Balaban J connectivity index is 1.68. The number of aryl methyl sites for hydroxylation is 1. The molecule has 1 fully saturated rings. The average Bonchev–Trinajstić information content (AvgIpc) is 3.14. The molecular weight excluding hydrogens is 498 g/mol. The fourth-order valence-electron chi connectivity index (χ4n) is 4.24. The molecule has 0 unspecified atom stereocenters. The topological polar surface area (TPSA) is 139 Å². The molecule has 3 aromatic rings.